The molecule has 1 aromatic carbocycles. The summed E-state index contributed by atoms with van der Waals surface area (Å²) in [5, 5.41) is 11.7. The van der Waals surface area contributed by atoms with Crippen LogP contribution in [0.4, 0.5) is 0 Å². The Balaban J connectivity index is 0.00000133. The quantitative estimate of drug-likeness (QED) is 0.665. The highest BCUT2D eigenvalue weighted by Gasteiger charge is 2.50. The molecular weight excluding hydrogens is 460 g/mol. The summed E-state index contributed by atoms with van der Waals surface area (Å²) in [6.07, 6.45) is 2.77. The summed E-state index contributed by atoms with van der Waals surface area (Å²) in [7, 11) is 0. The zero-order chi connectivity index (χ0) is 24.4. The Morgan fingerprint density at radius 3 is 2.41 bits per heavy atom. The lowest BCUT2D eigenvalue weighted by Crippen LogP contribution is -2.63. The lowest BCUT2D eigenvalue weighted by Gasteiger charge is -2.43. The van der Waals surface area contributed by atoms with Crippen molar-refractivity contribution in [3.05, 3.63) is 46.6 Å². The van der Waals surface area contributed by atoms with Crippen LogP contribution in [-0.4, -0.2) is 82.6 Å². The van der Waals surface area contributed by atoms with E-state index in [2.05, 4.69) is 5.43 Å². The van der Waals surface area contributed by atoms with Crippen molar-refractivity contribution in [2.45, 2.75) is 44.8 Å². The number of carbonyl (C=O) groups excluding carboxylic acids is 2. The number of fused-ring (bicyclic) bond motifs is 3. The molecule has 2 amide bonds. The van der Waals surface area contributed by atoms with Gasteiger partial charge in [0.05, 0.1) is 37.3 Å². The minimum atomic E-state index is -0.815. The van der Waals surface area contributed by atoms with Crippen LogP contribution >= 0.6 is 11.6 Å². The monoisotopic (exact) mass is 490 g/mol. The number of hydrazine groups is 1. The number of piperazine rings is 1. The molecule has 9 nitrogen and oxygen atoms in total. The molecule has 1 aromatic rings. The van der Waals surface area contributed by atoms with Crippen molar-refractivity contribution >= 4 is 29.4 Å². The SMILES string of the molecule is CC.O=C(O)C1CCN(C(=O)CN2C(=O)C3=CC(c4ccc(Cl)cc4)NN3C3COCC32)CC1. The smallest absolute Gasteiger partial charge is 0.306 e. The third-order valence-electron chi connectivity index (χ3n) is 6.83. The van der Waals surface area contributed by atoms with Gasteiger partial charge >= 0.3 is 5.97 Å². The van der Waals surface area contributed by atoms with Crippen LogP contribution in [0.5, 0.6) is 0 Å². The summed E-state index contributed by atoms with van der Waals surface area (Å²) in [4.78, 5) is 40.8. The zero-order valence-electron chi connectivity index (χ0n) is 19.4. The van der Waals surface area contributed by atoms with E-state index in [0.29, 0.717) is 49.9 Å². The fourth-order valence-corrected chi connectivity index (χ4v) is 5.09. The van der Waals surface area contributed by atoms with Crippen molar-refractivity contribution in [1.29, 1.82) is 0 Å². The lowest BCUT2D eigenvalue weighted by atomic mass is 9.97. The minimum Gasteiger partial charge on any atom is -0.481 e. The van der Waals surface area contributed by atoms with Gasteiger partial charge in [-0.05, 0) is 36.6 Å². The van der Waals surface area contributed by atoms with Crippen molar-refractivity contribution in [1.82, 2.24) is 20.2 Å². The van der Waals surface area contributed by atoms with Gasteiger partial charge < -0.3 is 19.6 Å². The highest BCUT2D eigenvalue weighted by atomic mass is 35.5. The normalized spacial score (nSPS) is 26.4. The summed E-state index contributed by atoms with van der Waals surface area (Å²) >= 11 is 6.00. The van der Waals surface area contributed by atoms with Gasteiger partial charge in [-0.15, -0.1) is 0 Å². The minimum absolute atomic E-state index is 0.0299. The molecule has 0 saturated carbocycles. The molecule has 0 radical (unpaired) electrons. The van der Waals surface area contributed by atoms with Gasteiger partial charge in [-0.25, -0.2) is 5.43 Å². The first-order valence-corrected chi connectivity index (χ1v) is 12.2. The molecule has 3 atom stereocenters. The molecular formula is C24H31ClN4O5. The Hall–Kier alpha value is -2.62. The topological polar surface area (TPSA) is 102 Å². The lowest BCUT2D eigenvalue weighted by molar-refractivity contribution is -0.148. The number of nitrogens with one attached hydrogen (secondary N) is 1. The van der Waals surface area contributed by atoms with Crippen LogP contribution < -0.4 is 5.43 Å². The second-order valence-corrected chi connectivity index (χ2v) is 9.12. The third kappa shape index (κ3) is 4.64. The number of ether oxygens (including phenoxy) is 1. The Kier molecular flexibility index (Phi) is 7.45. The second kappa shape index (κ2) is 10.3. The first kappa shape index (κ1) is 24.5. The number of rotatable bonds is 4. The number of carboxylic acids is 1. The number of amides is 2. The Morgan fingerprint density at radius 1 is 1.12 bits per heavy atom. The van der Waals surface area contributed by atoms with E-state index in [4.69, 9.17) is 16.3 Å². The molecule has 184 valence electrons. The van der Waals surface area contributed by atoms with Crippen molar-refractivity contribution < 1.29 is 24.2 Å². The molecule has 10 heteroatoms. The van der Waals surface area contributed by atoms with Gasteiger partial charge in [-0.1, -0.05) is 37.6 Å². The van der Waals surface area contributed by atoms with Gasteiger partial charge in [0.1, 0.15) is 12.2 Å². The number of carbonyl (C=O) groups is 3. The van der Waals surface area contributed by atoms with Gasteiger partial charge in [-0.3, -0.25) is 19.4 Å². The highest BCUT2D eigenvalue weighted by molar-refractivity contribution is 6.30. The van der Waals surface area contributed by atoms with E-state index >= 15 is 0 Å². The Bertz CT molecular complexity index is 961. The van der Waals surface area contributed by atoms with Crippen LogP contribution in [0.15, 0.2) is 36.0 Å². The number of hydrogen-bond acceptors (Lipinski definition) is 6. The maximum atomic E-state index is 13.4. The number of carboxylic acid groups (broad SMARTS) is 1. The Morgan fingerprint density at radius 2 is 1.76 bits per heavy atom. The molecule has 0 aliphatic carbocycles. The number of aliphatic carboxylic acids is 1. The highest BCUT2D eigenvalue weighted by Crippen LogP contribution is 2.35. The van der Waals surface area contributed by atoms with Crippen LogP contribution in [0.3, 0.4) is 0 Å². The Labute approximate surface area is 204 Å². The van der Waals surface area contributed by atoms with Crippen LogP contribution in [0.2, 0.25) is 5.02 Å². The standard InChI is InChI=1S/C22H25ClN4O5.C2H6/c23-15-3-1-13(2-4-15)16-9-17-21(29)26(18-11-32-12-19(18)27(17)24-16)10-20(28)25-7-5-14(6-8-25)22(30)31;1-2/h1-4,9,14,16,18-19,24H,5-8,10-12H2,(H,30,31);1-2H3. The molecule has 0 aromatic heterocycles. The number of likely N-dealkylation sites (tertiary alicyclic amines) is 1. The molecule has 0 bridgehead atoms. The summed E-state index contributed by atoms with van der Waals surface area (Å²) < 4.78 is 5.69. The molecule has 5 rings (SSSR count). The molecule has 2 N–H and O–H groups in total. The molecule has 3 unspecified atom stereocenters. The van der Waals surface area contributed by atoms with E-state index in [1.807, 2.05) is 49.2 Å². The number of benzene rings is 1. The van der Waals surface area contributed by atoms with Crippen LogP contribution in [0.25, 0.3) is 0 Å². The fourth-order valence-electron chi connectivity index (χ4n) is 4.97. The van der Waals surface area contributed by atoms with Crippen LogP contribution in [-0.2, 0) is 19.1 Å². The van der Waals surface area contributed by atoms with Gasteiger partial charge in [-0.2, -0.15) is 0 Å². The maximum Gasteiger partial charge on any atom is 0.306 e. The van der Waals surface area contributed by atoms with E-state index in [1.165, 1.54) is 0 Å². The van der Waals surface area contributed by atoms with Crippen LogP contribution in [0, 0.1) is 5.92 Å². The van der Waals surface area contributed by atoms with Crippen molar-refractivity contribution in [3.63, 3.8) is 0 Å². The zero-order valence-corrected chi connectivity index (χ0v) is 20.2. The number of nitrogens with zero attached hydrogens (tertiary/aromatic N) is 3. The van der Waals surface area contributed by atoms with Gasteiger partial charge in [0.15, 0.2) is 0 Å². The number of halogens is 1. The number of hydrogen-bond donors (Lipinski definition) is 2. The second-order valence-electron chi connectivity index (χ2n) is 8.68. The number of piperidine rings is 1. The average Bonchev–Trinajstić information content (AvgIpc) is 3.51. The fraction of sp³-hybridized carbons (Fsp3) is 0.542. The molecule has 4 heterocycles. The molecule has 4 aliphatic rings. The maximum absolute atomic E-state index is 13.4. The molecule has 3 fully saturated rings. The van der Waals surface area contributed by atoms with E-state index in [1.54, 1.807) is 9.80 Å². The molecule has 3 saturated heterocycles. The van der Waals surface area contributed by atoms with Gasteiger partial charge in [0.25, 0.3) is 5.91 Å². The predicted molar refractivity (Wildman–Crippen MR) is 126 cm³/mol. The first-order valence-electron chi connectivity index (χ1n) is 11.8. The average molecular weight is 491 g/mol. The summed E-state index contributed by atoms with van der Waals surface area (Å²) in [6, 6.07) is 7.00. The predicted octanol–water partition coefficient (Wildman–Crippen LogP) is 2.04. The van der Waals surface area contributed by atoms with E-state index in [-0.39, 0.29) is 36.5 Å². The summed E-state index contributed by atoms with van der Waals surface area (Å²) in [5.74, 6) is -1.57. The molecule has 34 heavy (non-hydrogen) atoms. The summed E-state index contributed by atoms with van der Waals surface area (Å²) in [6.45, 7) is 5.61. The largest absolute Gasteiger partial charge is 0.481 e. The van der Waals surface area contributed by atoms with E-state index in [0.717, 1.165) is 5.56 Å². The van der Waals surface area contributed by atoms with Crippen molar-refractivity contribution in [3.8, 4) is 0 Å². The molecule has 4 aliphatic heterocycles. The first-order chi connectivity index (χ1) is 16.4. The van der Waals surface area contributed by atoms with Crippen molar-refractivity contribution in [2.24, 2.45) is 5.92 Å². The van der Waals surface area contributed by atoms with Gasteiger partial charge in [0.2, 0.25) is 5.91 Å². The summed E-state index contributed by atoms with van der Waals surface area (Å²) in [5.41, 5.74) is 4.91. The van der Waals surface area contributed by atoms with Gasteiger partial charge in [0, 0.05) is 18.1 Å². The van der Waals surface area contributed by atoms with E-state index < -0.39 is 11.9 Å². The van der Waals surface area contributed by atoms with Crippen molar-refractivity contribution in [2.75, 3.05) is 32.8 Å². The van der Waals surface area contributed by atoms with E-state index in [9.17, 15) is 19.5 Å². The molecule has 0 spiro atoms. The third-order valence-corrected chi connectivity index (χ3v) is 7.08. The van der Waals surface area contributed by atoms with Crippen LogP contribution in [0.1, 0.15) is 38.3 Å².